The van der Waals surface area contributed by atoms with Crippen molar-refractivity contribution in [3.05, 3.63) is 0 Å². The van der Waals surface area contributed by atoms with Crippen molar-refractivity contribution in [2.75, 3.05) is 6.61 Å². The third-order valence-electron chi connectivity index (χ3n) is 6.59. The lowest BCUT2D eigenvalue weighted by Gasteiger charge is -2.20. The summed E-state index contributed by atoms with van der Waals surface area (Å²) in [4.78, 5) is 12.4. The van der Waals surface area contributed by atoms with Crippen LogP contribution in [0.1, 0.15) is 155 Å². The fraction of sp³-hybridized carbons (Fsp3) is 0.964. The summed E-state index contributed by atoms with van der Waals surface area (Å²) in [5.41, 5.74) is 0. The summed E-state index contributed by atoms with van der Waals surface area (Å²) in [7, 11) is 0. The van der Waals surface area contributed by atoms with E-state index in [1.807, 2.05) is 0 Å². The largest absolute Gasteiger partial charge is 0.394 e. The van der Waals surface area contributed by atoms with Gasteiger partial charge in [-0.3, -0.25) is 4.79 Å². The third kappa shape index (κ3) is 22.6. The fourth-order valence-electron chi connectivity index (χ4n) is 4.37. The summed E-state index contributed by atoms with van der Waals surface area (Å²) in [6.07, 6.45) is 25.3. The molecule has 4 heteroatoms. The predicted octanol–water partition coefficient (Wildman–Crippen LogP) is 7.45. The first kappa shape index (κ1) is 31.4. The number of hydrogen-bond donors (Lipinski definition) is 3. The Morgan fingerprint density at radius 1 is 0.625 bits per heavy atom. The molecule has 0 saturated carbocycles. The van der Waals surface area contributed by atoms with Crippen LogP contribution in [0.4, 0.5) is 0 Å². The summed E-state index contributed by atoms with van der Waals surface area (Å²) in [6.45, 7) is 4.31. The van der Waals surface area contributed by atoms with Gasteiger partial charge >= 0.3 is 0 Å². The smallest absolute Gasteiger partial charge is 0.220 e. The van der Waals surface area contributed by atoms with Crippen LogP contribution in [-0.2, 0) is 4.79 Å². The molecule has 2 unspecified atom stereocenters. The Hall–Kier alpha value is -0.610. The monoisotopic (exact) mass is 455 g/mol. The van der Waals surface area contributed by atoms with Crippen molar-refractivity contribution < 1.29 is 15.0 Å². The Morgan fingerprint density at radius 2 is 1.06 bits per heavy atom. The maximum absolute atomic E-state index is 12.4. The molecule has 0 bridgehead atoms. The van der Waals surface area contributed by atoms with Gasteiger partial charge in [-0.15, -0.1) is 0 Å². The summed E-state index contributed by atoms with van der Waals surface area (Å²) >= 11 is 0. The first-order chi connectivity index (χ1) is 15.6. The van der Waals surface area contributed by atoms with Gasteiger partial charge in [0.25, 0.3) is 0 Å². The van der Waals surface area contributed by atoms with Crippen LogP contribution in [0.15, 0.2) is 0 Å². The number of aliphatic hydroxyl groups is 2. The normalized spacial score (nSPS) is 13.2. The summed E-state index contributed by atoms with van der Waals surface area (Å²) in [6, 6.07) is 0.132. The highest BCUT2D eigenvalue weighted by Crippen LogP contribution is 2.15. The molecule has 1 amide bonds. The van der Waals surface area contributed by atoms with E-state index < -0.39 is 6.10 Å². The van der Waals surface area contributed by atoms with Crippen LogP contribution in [0, 0.1) is 0 Å². The summed E-state index contributed by atoms with van der Waals surface area (Å²) in [5, 5.41) is 22.0. The molecule has 2 atom stereocenters. The molecule has 192 valence electrons. The Morgan fingerprint density at radius 3 is 1.53 bits per heavy atom. The second kappa shape index (κ2) is 25.0. The molecule has 0 rings (SSSR count). The molecule has 3 N–H and O–H groups in total. The Kier molecular flexibility index (Phi) is 24.5. The van der Waals surface area contributed by atoms with Crippen LogP contribution < -0.4 is 5.32 Å². The van der Waals surface area contributed by atoms with E-state index in [4.69, 9.17) is 5.11 Å². The van der Waals surface area contributed by atoms with E-state index in [1.54, 1.807) is 0 Å². The first-order valence-corrected chi connectivity index (χ1v) is 14.2. The molecular formula is C28H57NO3. The molecule has 0 fully saturated rings. The number of carbonyl (C=O) groups excluding carboxylic acids is 1. The lowest BCUT2D eigenvalue weighted by atomic mass is 10.00. The van der Waals surface area contributed by atoms with E-state index in [9.17, 15) is 9.90 Å². The van der Waals surface area contributed by atoms with E-state index in [0.717, 1.165) is 32.1 Å². The average Bonchev–Trinajstić information content (AvgIpc) is 2.79. The molecule has 0 spiro atoms. The zero-order valence-corrected chi connectivity index (χ0v) is 21.7. The molecule has 0 aromatic carbocycles. The van der Waals surface area contributed by atoms with Gasteiger partial charge in [0.1, 0.15) is 0 Å². The van der Waals surface area contributed by atoms with Crippen molar-refractivity contribution in [1.82, 2.24) is 5.32 Å². The van der Waals surface area contributed by atoms with E-state index >= 15 is 0 Å². The lowest BCUT2D eigenvalue weighted by Crippen LogP contribution is -2.35. The van der Waals surface area contributed by atoms with Gasteiger partial charge in [-0.2, -0.15) is 0 Å². The van der Waals surface area contributed by atoms with Crippen molar-refractivity contribution in [2.45, 2.75) is 167 Å². The molecule has 0 aliphatic heterocycles. The fourth-order valence-corrected chi connectivity index (χ4v) is 4.37. The molecule has 0 aliphatic carbocycles. The minimum Gasteiger partial charge on any atom is -0.394 e. The number of nitrogens with one attached hydrogen (secondary N) is 1. The number of unbranched alkanes of at least 4 members (excludes halogenated alkanes) is 16. The van der Waals surface area contributed by atoms with Gasteiger partial charge in [-0.25, -0.2) is 0 Å². The second-order valence-electron chi connectivity index (χ2n) is 9.87. The van der Waals surface area contributed by atoms with Crippen molar-refractivity contribution in [1.29, 1.82) is 0 Å². The van der Waals surface area contributed by atoms with Crippen molar-refractivity contribution in [3.8, 4) is 0 Å². The van der Waals surface area contributed by atoms with Crippen LogP contribution >= 0.6 is 0 Å². The van der Waals surface area contributed by atoms with Crippen LogP contribution in [0.5, 0.6) is 0 Å². The number of amides is 1. The van der Waals surface area contributed by atoms with Gasteiger partial charge in [0, 0.05) is 12.5 Å². The third-order valence-corrected chi connectivity index (χ3v) is 6.59. The van der Waals surface area contributed by atoms with E-state index in [0.29, 0.717) is 12.8 Å². The molecule has 0 saturated heterocycles. The molecule has 0 aromatic heterocycles. The topological polar surface area (TPSA) is 69.6 Å². The average molecular weight is 456 g/mol. The standard InChI is InChI=1S/C28H57NO3/c1-3-5-7-9-11-12-13-14-16-18-20-22-28(32)29-26(23-24-27(31)25-30)21-19-17-15-10-8-6-4-2/h26-27,30-31H,3-25H2,1-2H3,(H,29,32). The van der Waals surface area contributed by atoms with Gasteiger partial charge in [0.2, 0.25) is 5.91 Å². The minimum absolute atomic E-state index is 0.132. The molecule has 0 heterocycles. The molecule has 0 aromatic rings. The minimum atomic E-state index is -0.671. The summed E-state index contributed by atoms with van der Waals surface area (Å²) in [5.74, 6) is 0.160. The maximum atomic E-state index is 12.4. The molecule has 4 nitrogen and oxygen atoms in total. The van der Waals surface area contributed by atoms with Crippen LogP contribution in [0.3, 0.4) is 0 Å². The maximum Gasteiger partial charge on any atom is 0.220 e. The Balaban J connectivity index is 3.87. The Bertz CT molecular complexity index is 389. The van der Waals surface area contributed by atoms with E-state index in [2.05, 4.69) is 19.2 Å². The second-order valence-corrected chi connectivity index (χ2v) is 9.87. The SMILES string of the molecule is CCCCCCCCCCCCCC(=O)NC(CCCCCCCCC)CCC(O)CO. The van der Waals surface area contributed by atoms with Gasteiger partial charge in [-0.05, 0) is 25.7 Å². The molecule has 0 radical (unpaired) electrons. The molecule has 32 heavy (non-hydrogen) atoms. The molecule has 0 aliphatic rings. The van der Waals surface area contributed by atoms with Crippen LogP contribution in [0.25, 0.3) is 0 Å². The number of hydrogen-bond acceptors (Lipinski definition) is 3. The highest BCUT2D eigenvalue weighted by Gasteiger charge is 2.14. The zero-order chi connectivity index (χ0) is 23.7. The predicted molar refractivity (Wildman–Crippen MR) is 138 cm³/mol. The zero-order valence-electron chi connectivity index (χ0n) is 21.7. The quantitative estimate of drug-likeness (QED) is 0.125. The Labute approximate surface area is 200 Å². The van der Waals surface area contributed by atoms with Crippen LogP contribution in [0.2, 0.25) is 0 Å². The van der Waals surface area contributed by atoms with Gasteiger partial charge in [-0.1, -0.05) is 123 Å². The van der Waals surface area contributed by atoms with Gasteiger partial charge < -0.3 is 15.5 Å². The molecular weight excluding hydrogens is 398 g/mol. The van der Waals surface area contributed by atoms with Crippen molar-refractivity contribution >= 4 is 5.91 Å². The number of carbonyl (C=O) groups is 1. The lowest BCUT2D eigenvalue weighted by molar-refractivity contribution is -0.122. The van der Waals surface area contributed by atoms with E-state index in [-0.39, 0.29) is 18.6 Å². The van der Waals surface area contributed by atoms with Gasteiger partial charge in [0.15, 0.2) is 0 Å². The highest BCUT2D eigenvalue weighted by molar-refractivity contribution is 5.76. The van der Waals surface area contributed by atoms with E-state index in [1.165, 1.54) is 96.3 Å². The van der Waals surface area contributed by atoms with Crippen LogP contribution in [-0.4, -0.2) is 34.9 Å². The van der Waals surface area contributed by atoms with Crippen molar-refractivity contribution in [3.63, 3.8) is 0 Å². The number of rotatable bonds is 25. The summed E-state index contributed by atoms with van der Waals surface area (Å²) < 4.78 is 0. The van der Waals surface area contributed by atoms with Crippen molar-refractivity contribution in [2.24, 2.45) is 0 Å². The highest BCUT2D eigenvalue weighted by atomic mass is 16.3. The first-order valence-electron chi connectivity index (χ1n) is 14.2. The van der Waals surface area contributed by atoms with Gasteiger partial charge in [0.05, 0.1) is 12.7 Å². The number of aliphatic hydroxyl groups excluding tert-OH is 2.